The molecule has 13 heavy (non-hydrogen) atoms. The Labute approximate surface area is 78.6 Å². The summed E-state index contributed by atoms with van der Waals surface area (Å²) in [5, 5.41) is 8.91. The smallest absolute Gasteiger partial charge is 0.0683 e. The normalized spacial score (nSPS) is 12.8. The largest absolute Gasteiger partial charge is 0.392 e. The van der Waals surface area contributed by atoms with Gasteiger partial charge >= 0.3 is 0 Å². The fourth-order valence-electron chi connectivity index (χ4n) is 1.25. The van der Waals surface area contributed by atoms with E-state index in [-0.39, 0.29) is 12.6 Å². The summed E-state index contributed by atoms with van der Waals surface area (Å²) < 4.78 is 0. The van der Waals surface area contributed by atoms with Gasteiger partial charge in [0.1, 0.15) is 0 Å². The van der Waals surface area contributed by atoms with Crippen molar-refractivity contribution in [1.82, 2.24) is 4.98 Å². The van der Waals surface area contributed by atoms with E-state index in [2.05, 4.69) is 11.9 Å². The lowest BCUT2D eigenvalue weighted by Crippen LogP contribution is -2.11. The second-order valence-corrected chi connectivity index (χ2v) is 3.14. The van der Waals surface area contributed by atoms with E-state index < -0.39 is 0 Å². The zero-order chi connectivity index (χ0) is 9.68. The van der Waals surface area contributed by atoms with Crippen molar-refractivity contribution >= 4 is 0 Å². The van der Waals surface area contributed by atoms with Crippen LogP contribution in [0.1, 0.15) is 37.1 Å². The van der Waals surface area contributed by atoms with Crippen LogP contribution in [-0.2, 0) is 6.61 Å². The number of nitrogens with zero attached hydrogens (tertiary/aromatic N) is 1. The molecule has 0 aliphatic heterocycles. The molecule has 3 heteroatoms. The van der Waals surface area contributed by atoms with Crippen LogP contribution < -0.4 is 5.73 Å². The van der Waals surface area contributed by atoms with Crippen LogP contribution in [0.3, 0.4) is 0 Å². The minimum Gasteiger partial charge on any atom is -0.392 e. The number of aliphatic hydroxyl groups excluding tert-OH is 1. The molecule has 0 aliphatic carbocycles. The third-order valence-corrected chi connectivity index (χ3v) is 2.01. The lowest BCUT2D eigenvalue weighted by molar-refractivity contribution is 0.281. The lowest BCUT2D eigenvalue weighted by atomic mass is 10.1. The van der Waals surface area contributed by atoms with Gasteiger partial charge in [0.15, 0.2) is 0 Å². The summed E-state index contributed by atoms with van der Waals surface area (Å²) >= 11 is 0. The van der Waals surface area contributed by atoms with E-state index in [4.69, 9.17) is 10.8 Å². The van der Waals surface area contributed by atoms with Crippen molar-refractivity contribution in [3.8, 4) is 0 Å². The minimum atomic E-state index is -0.00324. The first-order valence-corrected chi connectivity index (χ1v) is 4.59. The van der Waals surface area contributed by atoms with Gasteiger partial charge < -0.3 is 10.8 Å². The summed E-state index contributed by atoms with van der Waals surface area (Å²) in [6, 6.07) is 3.65. The molecule has 3 N–H and O–H groups in total. The van der Waals surface area contributed by atoms with Crippen molar-refractivity contribution < 1.29 is 5.11 Å². The highest BCUT2D eigenvalue weighted by molar-refractivity contribution is 5.17. The van der Waals surface area contributed by atoms with Gasteiger partial charge in [-0.3, -0.25) is 4.98 Å². The quantitative estimate of drug-likeness (QED) is 0.735. The van der Waals surface area contributed by atoms with Gasteiger partial charge in [-0.05, 0) is 24.1 Å². The molecule has 0 aliphatic rings. The molecule has 1 heterocycles. The molecule has 1 unspecified atom stereocenters. The molecule has 0 bridgehead atoms. The monoisotopic (exact) mass is 180 g/mol. The number of nitrogens with two attached hydrogens (primary N) is 1. The van der Waals surface area contributed by atoms with Crippen molar-refractivity contribution in [2.24, 2.45) is 5.73 Å². The summed E-state index contributed by atoms with van der Waals surface area (Å²) in [4.78, 5) is 4.17. The Balaban J connectivity index is 2.75. The zero-order valence-corrected chi connectivity index (χ0v) is 7.90. The molecule has 0 fully saturated rings. The van der Waals surface area contributed by atoms with Gasteiger partial charge in [-0.2, -0.15) is 0 Å². The predicted molar refractivity (Wildman–Crippen MR) is 52.0 cm³/mol. The topological polar surface area (TPSA) is 59.1 Å². The maximum Gasteiger partial charge on any atom is 0.0683 e. The second kappa shape index (κ2) is 4.94. The van der Waals surface area contributed by atoms with E-state index in [1.807, 2.05) is 6.07 Å². The lowest BCUT2D eigenvalue weighted by Gasteiger charge is -2.09. The fraction of sp³-hybridized carbons (Fsp3) is 0.500. The van der Waals surface area contributed by atoms with Crippen LogP contribution in [0.2, 0.25) is 0 Å². The molecule has 0 saturated carbocycles. The van der Waals surface area contributed by atoms with E-state index in [1.165, 1.54) is 0 Å². The summed E-state index contributed by atoms with van der Waals surface area (Å²) in [5.74, 6) is 0. The Bertz CT molecular complexity index is 263. The molecular weight excluding hydrogens is 164 g/mol. The average Bonchev–Trinajstić information content (AvgIpc) is 2.18. The Morgan fingerprint density at radius 3 is 3.00 bits per heavy atom. The SMILES string of the molecule is CCCC(N)c1cc(CO)ccn1. The summed E-state index contributed by atoms with van der Waals surface area (Å²) in [6.07, 6.45) is 3.67. The fourth-order valence-corrected chi connectivity index (χ4v) is 1.25. The molecule has 0 aromatic carbocycles. The molecule has 1 aromatic heterocycles. The molecule has 0 saturated heterocycles. The Morgan fingerprint density at radius 1 is 1.62 bits per heavy atom. The zero-order valence-electron chi connectivity index (χ0n) is 7.90. The van der Waals surface area contributed by atoms with Crippen molar-refractivity contribution in [1.29, 1.82) is 0 Å². The Hall–Kier alpha value is -0.930. The van der Waals surface area contributed by atoms with Crippen LogP contribution in [0.5, 0.6) is 0 Å². The van der Waals surface area contributed by atoms with E-state index in [9.17, 15) is 0 Å². The Kier molecular flexibility index (Phi) is 3.86. The van der Waals surface area contributed by atoms with Gasteiger partial charge in [0.25, 0.3) is 0 Å². The van der Waals surface area contributed by atoms with Gasteiger partial charge in [-0.15, -0.1) is 0 Å². The first-order chi connectivity index (χ1) is 6.27. The second-order valence-electron chi connectivity index (χ2n) is 3.14. The van der Waals surface area contributed by atoms with E-state index >= 15 is 0 Å². The van der Waals surface area contributed by atoms with Gasteiger partial charge in [-0.25, -0.2) is 0 Å². The van der Waals surface area contributed by atoms with Crippen LogP contribution in [0.25, 0.3) is 0 Å². The predicted octanol–water partition coefficient (Wildman–Crippen LogP) is 1.37. The highest BCUT2D eigenvalue weighted by Crippen LogP contribution is 2.14. The van der Waals surface area contributed by atoms with Crippen molar-refractivity contribution in [3.63, 3.8) is 0 Å². The molecule has 1 aromatic rings. The number of aliphatic hydroxyl groups is 1. The number of aromatic nitrogens is 1. The van der Waals surface area contributed by atoms with Crippen LogP contribution in [0, 0.1) is 0 Å². The first kappa shape index (κ1) is 10.2. The highest BCUT2D eigenvalue weighted by Gasteiger charge is 2.05. The molecule has 72 valence electrons. The average molecular weight is 180 g/mol. The first-order valence-electron chi connectivity index (χ1n) is 4.59. The summed E-state index contributed by atoms with van der Waals surface area (Å²) in [6.45, 7) is 2.14. The summed E-state index contributed by atoms with van der Waals surface area (Å²) in [7, 11) is 0. The molecule has 3 nitrogen and oxygen atoms in total. The van der Waals surface area contributed by atoms with Gasteiger partial charge in [0, 0.05) is 12.2 Å². The third-order valence-electron chi connectivity index (χ3n) is 2.01. The van der Waals surface area contributed by atoms with Crippen molar-refractivity contribution in [2.45, 2.75) is 32.4 Å². The molecule has 0 amide bonds. The molecule has 0 spiro atoms. The number of hydrogen-bond donors (Lipinski definition) is 2. The molecule has 1 rings (SSSR count). The number of rotatable bonds is 4. The van der Waals surface area contributed by atoms with Gasteiger partial charge in [0.05, 0.1) is 12.3 Å². The number of hydrogen-bond acceptors (Lipinski definition) is 3. The molecule has 1 atom stereocenters. The van der Waals surface area contributed by atoms with Crippen LogP contribution in [-0.4, -0.2) is 10.1 Å². The van der Waals surface area contributed by atoms with E-state index in [0.717, 1.165) is 24.1 Å². The van der Waals surface area contributed by atoms with Gasteiger partial charge in [-0.1, -0.05) is 13.3 Å². The van der Waals surface area contributed by atoms with Crippen molar-refractivity contribution in [2.75, 3.05) is 0 Å². The molecule has 0 radical (unpaired) electrons. The maximum absolute atomic E-state index is 8.91. The van der Waals surface area contributed by atoms with Crippen LogP contribution in [0.15, 0.2) is 18.3 Å². The van der Waals surface area contributed by atoms with Crippen LogP contribution in [0.4, 0.5) is 0 Å². The van der Waals surface area contributed by atoms with E-state index in [0.29, 0.717) is 0 Å². The Morgan fingerprint density at radius 2 is 2.38 bits per heavy atom. The highest BCUT2D eigenvalue weighted by atomic mass is 16.3. The maximum atomic E-state index is 8.91. The minimum absolute atomic E-state index is 0.00324. The third kappa shape index (κ3) is 2.79. The van der Waals surface area contributed by atoms with Crippen molar-refractivity contribution in [3.05, 3.63) is 29.6 Å². The number of pyridine rings is 1. The van der Waals surface area contributed by atoms with E-state index in [1.54, 1.807) is 12.3 Å². The molecular formula is C10H16N2O. The summed E-state index contributed by atoms with van der Waals surface area (Å²) in [5.41, 5.74) is 7.63. The standard InChI is InChI=1S/C10H16N2O/c1-2-3-9(11)10-6-8(7-13)4-5-12-10/h4-6,9,13H,2-3,7,11H2,1H3. The van der Waals surface area contributed by atoms with Crippen LogP contribution >= 0.6 is 0 Å². The van der Waals surface area contributed by atoms with Gasteiger partial charge in [0.2, 0.25) is 0 Å².